The summed E-state index contributed by atoms with van der Waals surface area (Å²) >= 11 is 0. The smallest absolute Gasteiger partial charge is 0.480 e. The van der Waals surface area contributed by atoms with Crippen molar-refractivity contribution in [2.75, 3.05) is 24.7 Å². The van der Waals surface area contributed by atoms with Crippen LogP contribution in [0.25, 0.3) is 10.9 Å². The van der Waals surface area contributed by atoms with E-state index in [1.54, 1.807) is 24.3 Å². The zero-order valence-corrected chi connectivity index (χ0v) is 24.9. The molecular formula is C30H31BF5N3O6. The number of carboxylic acid groups (broad SMARTS) is 1. The second-order valence-corrected chi connectivity index (χ2v) is 12.0. The van der Waals surface area contributed by atoms with Crippen molar-refractivity contribution in [3.8, 4) is 0 Å². The average Bonchev–Trinajstić information content (AvgIpc) is 3.17. The predicted octanol–water partition coefficient (Wildman–Crippen LogP) is 4.01. The Labute approximate surface area is 255 Å². The molecule has 0 aliphatic carbocycles. The van der Waals surface area contributed by atoms with E-state index in [0.717, 1.165) is 4.90 Å². The maximum atomic E-state index is 15.1. The third-order valence-electron chi connectivity index (χ3n) is 8.51. The molecule has 0 spiro atoms. The number of benzene rings is 2. The highest BCUT2D eigenvalue weighted by atomic mass is 19.4. The Hall–Kier alpha value is -3.82. The Bertz CT molecular complexity index is 1600. The number of hydrogen-bond acceptors (Lipinski definition) is 7. The van der Waals surface area contributed by atoms with Gasteiger partial charge in [0.05, 0.1) is 29.9 Å². The topological polar surface area (TPSA) is 110 Å². The molecule has 15 heteroatoms. The number of fused-ring (bicyclic) bond motifs is 1. The highest BCUT2D eigenvalue weighted by Crippen LogP contribution is 2.37. The maximum absolute atomic E-state index is 15.1. The molecule has 5 rings (SSSR count). The monoisotopic (exact) mass is 635 g/mol. The second kappa shape index (κ2) is 11.8. The van der Waals surface area contributed by atoms with Gasteiger partial charge in [0.15, 0.2) is 0 Å². The van der Waals surface area contributed by atoms with Crippen molar-refractivity contribution in [3.63, 3.8) is 0 Å². The van der Waals surface area contributed by atoms with Gasteiger partial charge in [-0.15, -0.1) is 0 Å². The highest BCUT2D eigenvalue weighted by molar-refractivity contribution is 6.65. The third kappa shape index (κ3) is 6.33. The van der Waals surface area contributed by atoms with Crippen LogP contribution in [-0.2, 0) is 25.3 Å². The SMILES string of the molecule is CC1(C)OB(c2ccc(C[C@H](NC(=O)c3c(F)cc(N4CCOC[C@@H]4C(F)(F)F)cc3F)C(=O)O)c3ncccc23)OC1(C)C. The Kier molecular flexibility index (Phi) is 8.57. The molecular weight excluding hydrogens is 604 g/mol. The van der Waals surface area contributed by atoms with Crippen molar-refractivity contribution in [3.05, 3.63) is 65.4 Å². The van der Waals surface area contributed by atoms with Crippen LogP contribution in [0.5, 0.6) is 0 Å². The van der Waals surface area contributed by atoms with Gasteiger partial charge in [-0.05, 0) is 56.9 Å². The number of pyridine rings is 1. The summed E-state index contributed by atoms with van der Waals surface area (Å²) < 4.78 is 87.9. The summed E-state index contributed by atoms with van der Waals surface area (Å²) in [4.78, 5) is 30.4. The van der Waals surface area contributed by atoms with Crippen LogP contribution in [0.4, 0.5) is 27.6 Å². The maximum Gasteiger partial charge on any atom is 0.495 e. The lowest BCUT2D eigenvalue weighted by Gasteiger charge is -2.38. The number of alkyl halides is 3. The van der Waals surface area contributed by atoms with Crippen LogP contribution in [0, 0.1) is 11.6 Å². The molecule has 3 aromatic rings. The lowest BCUT2D eigenvalue weighted by atomic mass is 9.76. The van der Waals surface area contributed by atoms with Crippen molar-refractivity contribution in [2.24, 2.45) is 0 Å². The number of carbonyl (C=O) groups is 2. The highest BCUT2D eigenvalue weighted by Gasteiger charge is 2.52. The molecule has 2 atom stereocenters. The largest absolute Gasteiger partial charge is 0.495 e. The lowest BCUT2D eigenvalue weighted by molar-refractivity contribution is -0.167. The Balaban J connectivity index is 1.39. The van der Waals surface area contributed by atoms with Crippen LogP contribution in [0.3, 0.4) is 0 Å². The second-order valence-electron chi connectivity index (χ2n) is 12.0. The first-order valence-corrected chi connectivity index (χ1v) is 14.2. The number of anilines is 1. The summed E-state index contributed by atoms with van der Waals surface area (Å²) in [5, 5.41) is 12.7. The summed E-state index contributed by atoms with van der Waals surface area (Å²) in [5.74, 6) is -5.76. The van der Waals surface area contributed by atoms with Crippen molar-refractivity contribution in [1.82, 2.24) is 10.3 Å². The van der Waals surface area contributed by atoms with Gasteiger partial charge in [0.1, 0.15) is 29.3 Å². The van der Waals surface area contributed by atoms with Crippen molar-refractivity contribution in [2.45, 2.75) is 63.6 Å². The van der Waals surface area contributed by atoms with Crippen LogP contribution in [0.1, 0.15) is 43.6 Å². The molecule has 2 aliphatic rings. The minimum atomic E-state index is -4.74. The molecule has 2 saturated heterocycles. The van der Waals surface area contributed by atoms with E-state index in [9.17, 15) is 27.9 Å². The number of hydrogen-bond donors (Lipinski definition) is 2. The molecule has 9 nitrogen and oxygen atoms in total. The fourth-order valence-electron chi connectivity index (χ4n) is 5.37. The van der Waals surface area contributed by atoms with Crippen molar-refractivity contribution < 1.29 is 50.7 Å². The first-order chi connectivity index (χ1) is 21.0. The summed E-state index contributed by atoms with van der Waals surface area (Å²) in [6, 6.07) is 4.24. The summed E-state index contributed by atoms with van der Waals surface area (Å²) in [6.07, 6.45) is -3.53. The number of nitrogens with zero attached hydrogens (tertiary/aromatic N) is 2. The number of halogens is 5. The normalized spacial score (nSPS) is 20.3. The first kappa shape index (κ1) is 32.6. The van der Waals surface area contributed by atoms with Gasteiger partial charge in [0.2, 0.25) is 0 Å². The fourth-order valence-corrected chi connectivity index (χ4v) is 5.37. The Morgan fingerprint density at radius 2 is 1.76 bits per heavy atom. The number of morpholine rings is 1. The van der Waals surface area contributed by atoms with Gasteiger partial charge >= 0.3 is 19.3 Å². The molecule has 0 saturated carbocycles. The van der Waals surface area contributed by atoms with Crippen LogP contribution >= 0.6 is 0 Å². The first-order valence-electron chi connectivity index (χ1n) is 14.2. The number of carbonyl (C=O) groups excluding carboxylic acids is 1. The number of ether oxygens (including phenoxy) is 1. The van der Waals surface area contributed by atoms with E-state index in [2.05, 4.69) is 10.3 Å². The number of aromatic nitrogens is 1. The number of rotatable bonds is 7. The molecule has 0 radical (unpaired) electrons. The zero-order chi connectivity index (χ0) is 32.9. The average molecular weight is 635 g/mol. The lowest BCUT2D eigenvalue weighted by Crippen LogP contribution is -2.53. The van der Waals surface area contributed by atoms with E-state index >= 15 is 8.78 Å². The van der Waals surface area contributed by atoms with Gasteiger partial charge in [-0.3, -0.25) is 9.78 Å². The summed E-state index contributed by atoms with van der Waals surface area (Å²) in [6.45, 7) is 6.51. The van der Waals surface area contributed by atoms with Crippen LogP contribution in [0.2, 0.25) is 0 Å². The van der Waals surface area contributed by atoms with E-state index in [1.807, 2.05) is 27.7 Å². The van der Waals surface area contributed by atoms with E-state index in [1.165, 1.54) is 6.20 Å². The summed E-state index contributed by atoms with van der Waals surface area (Å²) in [5.41, 5.74) is -1.29. The van der Waals surface area contributed by atoms with Gasteiger partial charge < -0.3 is 29.4 Å². The molecule has 0 bridgehead atoms. The molecule has 2 aliphatic heterocycles. The van der Waals surface area contributed by atoms with Crippen LogP contribution in [0.15, 0.2) is 42.6 Å². The quantitative estimate of drug-likeness (QED) is 0.296. The fraction of sp³-hybridized carbons (Fsp3) is 0.433. The number of carboxylic acids is 1. The molecule has 1 amide bonds. The Morgan fingerprint density at radius 3 is 2.36 bits per heavy atom. The van der Waals surface area contributed by atoms with E-state index in [4.69, 9.17) is 14.0 Å². The number of nitrogens with one attached hydrogen (secondary N) is 1. The molecule has 2 aromatic carbocycles. The van der Waals surface area contributed by atoms with Crippen LogP contribution < -0.4 is 15.7 Å². The molecule has 0 unspecified atom stereocenters. The van der Waals surface area contributed by atoms with Crippen LogP contribution in [-0.4, -0.2) is 78.3 Å². The summed E-state index contributed by atoms with van der Waals surface area (Å²) in [7, 11) is -0.733. The minimum Gasteiger partial charge on any atom is -0.480 e. The molecule has 1 aromatic heterocycles. The predicted molar refractivity (Wildman–Crippen MR) is 154 cm³/mol. The van der Waals surface area contributed by atoms with Gasteiger partial charge in [-0.25, -0.2) is 13.6 Å². The van der Waals surface area contributed by atoms with Gasteiger partial charge in [-0.1, -0.05) is 18.2 Å². The molecule has 2 fully saturated rings. The van der Waals surface area contributed by atoms with E-state index < -0.39 is 77.9 Å². The van der Waals surface area contributed by atoms with Gasteiger partial charge in [0.25, 0.3) is 5.91 Å². The molecule has 2 N–H and O–H groups in total. The third-order valence-corrected chi connectivity index (χ3v) is 8.51. The minimum absolute atomic E-state index is 0.0977. The van der Waals surface area contributed by atoms with E-state index in [-0.39, 0.29) is 19.6 Å². The van der Waals surface area contributed by atoms with E-state index in [0.29, 0.717) is 34.1 Å². The standard InChI is InChI=1S/C30H31BF5N3O6/c1-28(2)29(3,4)45-31(44-28)19-8-7-16(25-18(19)6-5-9-37-25)12-22(27(41)42)38-26(40)24-20(32)13-17(14-21(24)33)39-10-11-43-15-23(39)30(34,35)36/h5-9,13-14,22-23H,10-12,15H2,1-4H3,(H,38,40)(H,41,42)/t22-,23+/m0/s1. The van der Waals surface area contributed by atoms with Gasteiger partial charge in [-0.2, -0.15) is 13.2 Å². The Morgan fingerprint density at radius 1 is 1.11 bits per heavy atom. The molecule has 3 heterocycles. The van der Waals surface area contributed by atoms with Crippen molar-refractivity contribution >= 4 is 41.0 Å². The molecule has 45 heavy (non-hydrogen) atoms. The van der Waals surface area contributed by atoms with Crippen molar-refractivity contribution in [1.29, 1.82) is 0 Å². The zero-order valence-electron chi connectivity index (χ0n) is 24.9. The van der Waals surface area contributed by atoms with Gasteiger partial charge in [0, 0.05) is 30.2 Å². The number of amides is 1. The molecule has 240 valence electrons. The number of aliphatic carboxylic acids is 1.